The van der Waals surface area contributed by atoms with Crippen LogP contribution in [-0.2, 0) is 22.4 Å². The van der Waals surface area contributed by atoms with Crippen molar-refractivity contribution in [3.8, 4) is 0 Å². The SMILES string of the molecule is Cc1c(C)c(C)c(C(=O)C2CCN(S(=O)(=O)c3cc(C(F)(F)F)cc(C(F)(F)F)c3)CC2)c(C)c1C. The fourth-order valence-corrected chi connectivity index (χ4v) is 6.20. The maximum absolute atomic E-state index is 13.4. The van der Waals surface area contributed by atoms with Gasteiger partial charge in [-0.2, -0.15) is 30.6 Å². The largest absolute Gasteiger partial charge is 0.416 e. The van der Waals surface area contributed by atoms with Gasteiger partial charge in [0.1, 0.15) is 0 Å². The van der Waals surface area contributed by atoms with Crippen molar-refractivity contribution in [1.82, 2.24) is 4.31 Å². The van der Waals surface area contributed by atoms with Crippen LogP contribution in [0.3, 0.4) is 0 Å². The molecule has 1 aliphatic rings. The summed E-state index contributed by atoms with van der Waals surface area (Å²) in [6.07, 6.45) is -10.1. The molecule has 1 heterocycles. The highest BCUT2D eigenvalue weighted by molar-refractivity contribution is 7.89. The average Bonchev–Trinajstić information content (AvgIpc) is 2.80. The number of alkyl halides is 6. The van der Waals surface area contributed by atoms with E-state index in [0.717, 1.165) is 32.1 Å². The summed E-state index contributed by atoms with van der Waals surface area (Å²) in [5.41, 5.74) is 1.96. The first-order valence-corrected chi connectivity index (χ1v) is 12.7. The summed E-state index contributed by atoms with van der Waals surface area (Å²) in [7, 11) is -4.65. The van der Waals surface area contributed by atoms with Gasteiger partial charge in [0.2, 0.25) is 10.0 Å². The lowest BCUT2D eigenvalue weighted by atomic mass is 9.82. The minimum Gasteiger partial charge on any atom is -0.294 e. The number of piperidine rings is 1. The minimum absolute atomic E-state index is 0.105. The van der Waals surface area contributed by atoms with Crippen molar-refractivity contribution in [2.45, 2.75) is 64.7 Å². The Kier molecular flexibility index (Phi) is 7.42. The van der Waals surface area contributed by atoms with Gasteiger partial charge < -0.3 is 0 Å². The van der Waals surface area contributed by atoms with E-state index >= 15 is 0 Å². The molecule has 11 heteroatoms. The topological polar surface area (TPSA) is 54.5 Å². The number of benzene rings is 2. The lowest BCUT2D eigenvalue weighted by Crippen LogP contribution is -2.40. The van der Waals surface area contributed by atoms with Gasteiger partial charge in [-0.3, -0.25) is 4.79 Å². The first kappa shape index (κ1) is 28.2. The van der Waals surface area contributed by atoms with Crippen LogP contribution < -0.4 is 0 Å². The average molecular weight is 536 g/mol. The van der Waals surface area contributed by atoms with Crippen molar-refractivity contribution in [2.75, 3.05) is 13.1 Å². The molecule has 4 nitrogen and oxygen atoms in total. The number of Topliss-reactive ketones (excluding diaryl/α,β-unsaturated/α-hetero) is 1. The van der Waals surface area contributed by atoms with Gasteiger partial charge in [0.15, 0.2) is 5.78 Å². The number of carbonyl (C=O) groups excluding carboxylic acids is 1. The van der Waals surface area contributed by atoms with E-state index in [2.05, 4.69) is 0 Å². The van der Waals surface area contributed by atoms with Crippen LogP contribution in [0.1, 0.15) is 62.1 Å². The Labute approximate surface area is 206 Å². The molecule has 2 aromatic rings. The number of hydrogen-bond donors (Lipinski definition) is 0. The molecule has 0 N–H and O–H groups in total. The molecule has 1 aliphatic heterocycles. The minimum atomic E-state index is -5.16. The van der Waals surface area contributed by atoms with Gasteiger partial charge in [-0.05, 0) is 93.5 Å². The normalized spacial score (nSPS) is 16.4. The quantitative estimate of drug-likeness (QED) is 0.330. The molecular weight excluding hydrogens is 508 g/mol. The van der Waals surface area contributed by atoms with Crippen LogP contribution in [0.5, 0.6) is 0 Å². The van der Waals surface area contributed by atoms with Crippen molar-refractivity contribution in [2.24, 2.45) is 5.92 Å². The molecule has 0 spiro atoms. The van der Waals surface area contributed by atoms with E-state index in [4.69, 9.17) is 0 Å². The molecule has 198 valence electrons. The van der Waals surface area contributed by atoms with Gasteiger partial charge in [0.05, 0.1) is 16.0 Å². The number of rotatable bonds is 4. The summed E-state index contributed by atoms with van der Waals surface area (Å²) in [5.74, 6) is -0.644. The van der Waals surface area contributed by atoms with E-state index in [-0.39, 0.29) is 49.9 Å². The van der Waals surface area contributed by atoms with E-state index in [0.29, 0.717) is 5.56 Å². The molecule has 0 amide bonds. The van der Waals surface area contributed by atoms with Gasteiger partial charge >= 0.3 is 12.4 Å². The molecule has 0 aromatic heterocycles. The highest BCUT2D eigenvalue weighted by Crippen LogP contribution is 2.38. The van der Waals surface area contributed by atoms with E-state index < -0.39 is 44.3 Å². The Hall–Kier alpha value is -2.40. The predicted octanol–water partition coefficient (Wildman–Crippen LogP) is 6.55. The summed E-state index contributed by atoms with van der Waals surface area (Å²) in [6, 6.07) is 0.318. The maximum atomic E-state index is 13.4. The Morgan fingerprint density at radius 2 is 1.14 bits per heavy atom. The predicted molar refractivity (Wildman–Crippen MR) is 122 cm³/mol. The third kappa shape index (κ3) is 5.18. The summed E-state index contributed by atoms with van der Waals surface area (Å²) in [4.78, 5) is 12.3. The van der Waals surface area contributed by atoms with Crippen LogP contribution in [0.15, 0.2) is 23.1 Å². The number of hydrogen-bond acceptors (Lipinski definition) is 3. The Morgan fingerprint density at radius 3 is 1.53 bits per heavy atom. The zero-order chi connectivity index (χ0) is 27.4. The van der Waals surface area contributed by atoms with Crippen LogP contribution >= 0.6 is 0 Å². The fraction of sp³-hybridized carbons (Fsp3) is 0.480. The highest BCUT2D eigenvalue weighted by atomic mass is 32.2. The van der Waals surface area contributed by atoms with Crippen molar-refractivity contribution in [3.05, 3.63) is 62.7 Å². The van der Waals surface area contributed by atoms with Gasteiger partial charge in [-0.25, -0.2) is 8.42 Å². The van der Waals surface area contributed by atoms with Gasteiger partial charge in [-0.15, -0.1) is 0 Å². The molecular formula is C25H27F6NO3S. The molecule has 1 fully saturated rings. The van der Waals surface area contributed by atoms with Crippen LogP contribution in [-0.4, -0.2) is 31.6 Å². The van der Waals surface area contributed by atoms with Crippen molar-refractivity contribution in [1.29, 1.82) is 0 Å². The molecule has 0 aliphatic carbocycles. The zero-order valence-corrected chi connectivity index (χ0v) is 21.3. The number of sulfonamides is 1. The molecule has 0 unspecified atom stereocenters. The van der Waals surface area contributed by atoms with Crippen molar-refractivity contribution in [3.63, 3.8) is 0 Å². The number of ketones is 1. The number of carbonyl (C=O) groups is 1. The van der Waals surface area contributed by atoms with Crippen LogP contribution in [0.2, 0.25) is 0 Å². The maximum Gasteiger partial charge on any atom is 0.416 e. The Balaban J connectivity index is 1.89. The van der Waals surface area contributed by atoms with Crippen molar-refractivity contribution >= 4 is 15.8 Å². The monoisotopic (exact) mass is 535 g/mol. The second-order valence-electron chi connectivity index (χ2n) is 9.28. The van der Waals surface area contributed by atoms with E-state index in [1.807, 2.05) is 34.6 Å². The number of nitrogens with zero attached hydrogens (tertiary/aromatic N) is 1. The molecule has 36 heavy (non-hydrogen) atoms. The lowest BCUT2D eigenvalue weighted by molar-refractivity contribution is -0.143. The van der Waals surface area contributed by atoms with E-state index in [1.54, 1.807) is 0 Å². The molecule has 0 saturated carbocycles. The zero-order valence-electron chi connectivity index (χ0n) is 20.5. The molecule has 0 atom stereocenters. The molecule has 0 bridgehead atoms. The van der Waals surface area contributed by atoms with Crippen LogP contribution in [0.4, 0.5) is 26.3 Å². The highest BCUT2D eigenvalue weighted by Gasteiger charge is 2.40. The fourth-order valence-electron chi connectivity index (χ4n) is 4.66. The second-order valence-corrected chi connectivity index (χ2v) is 11.2. The third-order valence-electron chi connectivity index (χ3n) is 7.27. The summed E-state index contributed by atoms with van der Waals surface area (Å²) < 4.78 is 106. The van der Waals surface area contributed by atoms with E-state index in [9.17, 15) is 39.6 Å². The van der Waals surface area contributed by atoms with Crippen molar-refractivity contribution < 1.29 is 39.6 Å². The summed E-state index contributed by atoms with van der Waals surface area (Å²) in [6.45, 7) is 9.14. The lowest BCUT2D eigenvalue weighted by Gasteiger charge is -2.31. The first-order valence-electron chi connectivity index (χ1n) is 11.3. The second kappa shape index (κ2) is 9.48. The summed E-state index contributed by atoms with van der Waals surface area (Å²) in [5, 5.41) is 0. The van der Waals surface area contributed by atoms with Crippen LogP contribution in [0, 0.1) is 40.5 Å². The van der Waals surface area contributed by atoms with E-state index in [1.165, 1.54) is 0 Å². The van der Waals surface area contributed by atoms with Gasteiger partial charge in [-0.1, -0.05) is 0 Å². The number of halogens is 6. The Morgan fingerprint density at radius 1 is 0.750 bits per heavy atom. The molecule has 1 saturated heterocycles. The third-order valence-corrected chi connectivity index (χ3v) is 9.15. The Bertz CT molecular complexity index is 1240. The molecule has 2 aromatic carbocycles. The molecule has 0 radical (unpaired) electrons. The van der Waals surface area contributed by atoms with Gasteiger partial charge in [0, 0.05) is 24.6 Å². The van der Waals surface area contributed by atoms with Gasteiger partial charge in [0.25, 0.3) is 0 Å². The van der Waals surface area contributed by atoms with Crippen LogP contribution in [0.25, 0.3) is 0 Å². The first-order chi connectivity index (χ1) is 16.4. The summed E-state index contributed by atoms with van der Waals surface area (Å²) >= 11 is 0. The smallest absolute Gasteiger partial charge is 0.294 e. The molecule has 3 rings (SSSR count). The standard InChI is InChI=1S/C25H27F6NO3S/c1-13-14(2)16(4)22(17(5)15(13)3)23(33)18-6-8-32(9-7-18)36(34,35)21-11-19(24(26,27)28)10-20(12-21)25(29,30)31/h10-12,18H,6-9H2,1-5H3.